The minimum atomic E-state index is -3.07. The van der Waals surface area contributed by atoms with Crippen LogP contribution in [0.15, 0.2) is 45.3 Å². The number of aryl methyl sites for hydroxylation is 1. The van der Waals surface area contributed by atoms with Gasteiger partial charge in [0.15, 0.2) is 0 Å². The van der Waals surface area contributed by atoms with Gasteiger partial charge in [0.2, 0.25) is 0 Å². The molecule has 0 amide bonds. The van der Waals surface area contributed by atoms with Gasteiger partial charge >= 0.3 is 7.60 Å². The average molecular weight is 489 g/mol. The van der Waals surface area contributed by atoms with Gasteiger partial charge in [-0.3, -0.25) is 4.57 Å². The van der Waals surface area contributed by atoms with E-state index in [4.69, 9.17) is 9.05 Å². The molecule has 0 bridgehead atoms. The zero-order chi connectivity index (χ0) is 18.0. The molecule has 0 fully saturated rings. The molecule has 4 nitrogen and oxygen atoms in total. The van der Waals surface area contributed by atoms with Gasteiger partial charge in [0.1, 0.15) is 0 Å². The van der Waals surface area contributed by atoms with Crippen LogP contribution < -0.4 is 0 Å². The van der Waals surface area contributed by atoms with Gasteiger partial charge in [-0.2, -0.15) is 0 Å². The summed E-state index contributed by atoms with van der Waals surface area (Å²) in [7, 11) is -3.07. The Labute approximate surface area is 164 Å². The van der Waals surface area contributed by atoms with Gasteiger partial charge in [0.05, 0.1) is 19.4 Å². The smallest absolute Gasteiger partial charge is 0.332 e. The molecule has 0 spiro atoms. The molecule has 0 saturated heterocycles. The van der Waals surface area contributed by atoms with Gasteiger partial charge in [-0.25, -0.2) is 0 Å². The van der Waals surface area contributed by atoms with Crippen LogP contribution in [0.5, 0.6) is 0 Å². The van der Waals surface area contributed by atoms with Crippen molar-refractivity contribution in [3.8, 4) is 0 Å². The van der Waals surface area contributed by atoms with Gasteiger partial charge < -0.3 is 13.6 Å². The molecule has 0 aliphatic rings. The van der Waals surface area contributed by atoms with Crippen LogP contribution >= 0.6 is 39.5 Å². The molecule has 0 aliphatic heterocycles. The molecule has 0 saturated carbocycles. The van der Waals surface area contributed by atoms with Crippen molar-refractivity contribution in [3.63, 3.8) is 0 Å². The maximum atomic E-state index is 12.8. The third-order valence-corrected chi connectivity index (χ3v) is 7.08. The van der Waals surface area contributed by atoms with Crippen molar-refractivity contribution < 1.29 is 13.6 Å². The summed E-state index contributed by atoms with van der Waals surface area (Å²) in [4.78, 5) is 0. The molecule has 1 aromatic heterocycles. The minimum absolute atomic E-state index is 0.347. The van der Waals surface area contributed by atoms with E-state index < -0.39 is 7.60 Å². The first-order chi connectivity index (χ1) is 12.0. The fourth-order valence-electron chi connectivity index (χ4n) is 3.07. The van der Waals surface area contributed by atoms with Crippen LogP contribution in [0, 0.1) is 0 Å². The topological polar surface area (TPSA) is 40.5 Å². The Morgan fingerprint density at radius 3 is 1.84 bits per heavy atom. The number of hydrogen-bond donors (Lipinski definition) is 0. The van der Waals surface area contributed by atoms with Gasteiger partial charge in [-0.1, -0.05) is 31.9 Å². The third kappa shape index (κ3) is 4.04. The molecule has 0 atom stereocenters. The SMILES string of the molecule is CCOP(=O)(CCn1c2ccc(Br)cc2c2cc(Br)ccc21)OCC. The number of hydrogen-bond acceptors (Lipinski definition) is 3. The van der Waals surface area contributed by atoms with E-state index in [1.54, 1.807) is 0 Å². The standard InChI is InChI=1S/C18H20Br2NO3P/c1-3-23-25(22,24-4-2)10-9-21-17-7-5-13(19)11-15(17)16-12-14(20)6-8-18(16)21/h5-8,11-12H,3-4,9-10H2,1-2H3. The van der Waals surface area contributed by atoms with Crippen molar-refractivity contribution >= 4 is 61.3 Å². The Morgan fingerprint density at radius 2 is 1.40 bits per heavy atom. The minimum Gasteiger partial charge on any atom is -0.340 e. The number of halogens is 2. The van der Waals surface area contributed by atoms with Crippen molar-refractivity contribution in [2.45, 2.75) is 20.4 Å². The Morgan fingerprint density at radius 1 is 0.920 bits per heavy atom. The van der Waals surface area contributed by atoms with Crippen molar-refractivity contribution in [3.05, 3.63) is 45.3 Å². The number of nitrogens with zero attached hydrogens (tertiary/aromatic N) is 1. The van der Waals surface area contributed by atoms with Crippen LogP contribution in [0.4, 0.5) is 0 Å². The second-order valence-corrected chi connectivity index (χ2v) is 9.66. The lowest BCUT2D eigenvalue weighted by molar-refractivity contribution is 0.219. The quantitative estimate of drug-likeness (QED) is 0.352. The normalized spacial score (nSPS) is 12.3. The van der Waals surface area contributed by atoms with Crippen molar-refractivity contribution in [2.24, 2.45) is 0 Å². The Balaban J connectivity index is 2.07. The molecule has 7 heteroatoms. The van der Waals surface area contributed by atoms with Crippen LogP contribution in [-0.4, -0.2) is 23.9 Å². The second-order valence-electron chi connectivity index (χ2n) is 5.64. The summed E-state index contributed by atoms with van der Waals surface area (Å²) in [6, 6.07) is 12.4. The summed E-state index contributed by atoms with van der Waals surface area (Å²) in [6.07, 6.45) is 0.347. The van der Waals surface area contributed by atoms with E-state index in [-0.39, 0.29) is 0 Å². The Bertz CT molecular complexity index is 885. The summed E-state index contributed by atoms with van der Waals surface area (Å²) >= 11 is 7.10. The largest absolute Gasteiger partial charge is 0.340 e. The number of rotatable bonds is 7. The monoisotopic (exact) mass is 487 g/mol. The lowest BCUT2D eigenvalue weighted by atomic mass is 10.2. The van der Waals surface area contributed by atoms with E-state index in [0.717, 1.165) is 30.8 Å². The highest BCUT2D eigenvalue weighted by Crippen LogP contribution is 2.48. The molecule has 25 heavy (non-hydrogen) atoms. The fourth-order valence-corrected chi connectivity index (χ4v) is 5.36. The molecule has 0 radical (unpaired) electrons. The van der Waals surface area contributed by atoms with E-state index in [9.17, 15) is 4.57 Å². The fraction of sp³-hybridized carbons (Fsp3) is 0.333. The summed E-state index contributed by atoms with van der Waals surface area (Å²) in [5.74, 6) is 0. The summed E-state index contributed by atoms with van der Waals surface area (Å²) < 4.78 is 27.9. The van der Waals surface area contributed by atoms with Gasteiger partial charge in [0, 0.05) is 37.3 Å². The molecule has 134 valence electrons. The van der Waals surface area contributed by atoms with E-state index in [1.165, 1.54) is 0 Å². The highest BCUT2D eigenvalue weighted by atomic mass is 79.9. The molecular weight excluding hydrogens is 469 g/mol. The lowest BCUT2D eigenvalue weighted by Crippen LogP contribution is -2.07. The van der Waals surface area contributed by atoms with Gasteiger partial charge in [-0.05, 0) is 50.2 Å². The molecule has 0 aliphatic carbocycles. The molecule has 3 rings (SSSR count). The van der Waals surface area contributed by atoms with Crippen LogP contribution in [0.1, 0.15) is 13.8 Å². The maximum absolute atomic E-state index is 12.8. The summed E-state index contributed by atoms with van der Waals surface area (Å²) in [5.41, 5.74) is 2.21. The molecule has 1 heterocycles. The van der Waals surface area contributed by atoms with Crippen LogP contribution in [0.2, 0.25) is 0 Å². The number of fused-ring (bicyclic) bond motifs is 3. The third-order valence-electron chi connectivity index (χ3n) is 4.04. The molecule has 0 unspecified atom stereocenters. The van der Waals surface area contributed by atoms with Crippen LogP contribution in [-0.2, 0) is 20.2 Å². The van der Waals surface area contributed by atoms with Crippen molar-refractivity contribution in [2.75, 3.05) is 19.4 Å². The molecular formula is C18H20Br2NO3P. The average Bonchev–Trinajstić information content (AvgIpc) is 2.86. The van der Waals surface area contributed by atoms with E-state index in [1.807, 2.05) is 26.0 Å². The molecule has 3 aromatic rings. The Hall–Kier alpha value is -0.650. The van der Waals surface area contributed by atoms with Gasteiger partial charge in [-0.15, -0.1) is 0 Å². The van der Waals surface area contributed by atoms with Crippen LogP contribution in [0.3, 0.4) is 0 Å². The van der Waals surface area contributed by atoms with E-state index in [0.29, 0.717) is 25.9 Å². The predicted octanol–water partition coefficient (Wildman–Crippen LogP) is 6.59. The highest BCUT2D eigenvalue weighted by Gasteiger charge is 2.24. The molecule has 0 N–H and O–H groups in total. The maximum Gasteiger partial charge on any atom is 0.332 e. The molecule has 2 aromatic carbocycles. The van der Waals surface area contributed by atoms with Crippen molar-refractivity contribution in [1.82, 2.24) is 4.57 Å². The Kier molecular flexibility index (Phi) is 6.07. The van der Waals surface area contributed by atoms with Gasteiger partial charge in [0.25, 0.3) is 0 Å². The summed E-state index contributed by atoms with van der Waals surface area (Å²) in [6.45, 7) is 5.00. The number of benzene rings is 2. The zero-order valence-electron chi connectivity index (χ0n) is 14.2. The lowest BCUT2D eigenvalue weighted by Gasteiger charge is -2.18. The predicted molar refractivity (Wildman–Crippen MR) is 111 cm³/mol. The first-order valence-corrected chi connectivity index (χ1v) is 11.5. The second kappa shape index (κ2) is 7.93. The first kappa shape index (κ1) is 19.1. The summed E-state index contributed by atoms with van der Waals surface area (Å²) in [5, 5.41) is 2.32. The van der Waals surface area contributed by atoms with Crippen LogP contribution in [0.25, 0.3) is 21.8 Å². The van der Waals surface area contributed by atoms with E-state index >= 15 is 0 Å². The van der Waals surface area contributed by atoms with E-state index in [2.05, 4.69) is 60.7 Å². The highest BCUT2D eigenvalue weighted by molar-refractivity contribution is 9.10. The zero-order valence-corrected chi connectivity index (χ0v) is 18.2. The first-order valence-electron chi connectivity index (χ1n) is 8.22. The number of aromatic nitrogens is 1. The van der Waals surface area contributed by atoms with Crippen molar-refractivity contribution in [1.29, 1.82) is 0 Å².